The number of hydrogen-bond donors (Lipinski definition) is 1. The van der Waals surface area contributed by atoms with Gasteiger partial charge in [0.05, 0.1) is 5.69 Å². The van der Waals surface area contributed by atoms with E-state index in [2.05, 4.69) is 21.4 Å². The summed E-state index contributed by atoms with van der Waals surface area (Å²) in [4.78, 5) is 8.97. The van der Waals surface area contributed by atoms with E-state index in [1.165, 1.54) is 23.9 Å². The Balaban J connectivity index is 1.98. The normalized spacial score (nSPS) is 10.4. The van der Waals surface area contributed by atoms with Gasteiger partial charge in [0.25, 0.3) is 0 Å². The fraction of sp³-hybridized carbons (Fsp3) is 0.150. The van der Waals surface area contributed by atoms with Crippen molar-refractivity contribution in [1.29, 1.82) is 5.26 Å². The third-order valence-corrected chi connectivity index (χ3v) is 4.43. The molecular formula is C20H17FN4S. The van der Waals surface area contributed by atoms with E-state index in [0.29, 0.717) is 28.8 Å². The summed E-state index contributed by atoms with van der Waals surface area (Å²) < 4.78 is 13.0. The summed E-state index contributed by atoms with van der Waals surface area (Å²) in [7, 11) is 0. The highest BCUT2D eigenvalue weighted by molar-refractivity contribution is 7.98. The summed E-state index contributed by atoms with van der Waals surface area (Å²) in [5.41, 5.74) is 3.91. The van der Waals surface area contributed by atoms with Gasteiger partial charge in [0.15, 0.2) is 5.16 Å². The van der Waals surface area contributed by atoms with Gasteiger partial charge in [-0.3, -0.25) is 0 Å². The van der Waals surface area contributed by atoms with Crippen LogP contribution in [0.15, 0.2) is 53.7 Å². The predicted molar refractivity (Wildman–Crippen MR) is 102 cm³/mol. The van der Waals surface area contributed by atoms with E-state index in [9.17, 15) is 9.65 Å². The third kappa shape index (κ3) is 4.01. The zero-order valence-electron chi connectivity index (χ0n) is 14.5. The van der Waals surface area contributed by atoms with Crippen LogP contribution >= 0.6 is 11.8 Å². The molecule has 1 heterocycles. The molecule has 26 heavy (non-hydrogen) atoms. The van der Waals surface area contributed by atoms with Crippen LogP contribution in [0.1, 0.15) is 16.7 Å². The van der Waals surface area contributed by atoms with Gasteiger partial charge in [-0.1, -0.05) is 53.7 Å². The molecule has 0 atom stereocenters. The smallest absolute Gasteiger partial charge is 0.189 e. The van der Waals surface area contributed by atoms with Crippen LogP contribution in [0, 0.1) is 24.1 Å². The lowest BCUT2D eigenvalue weighted by Crippen LogP contribution is -2.07. The molecule has 0 aliphatic rings. The minimum atomic E-state index is -0.278. The molecule has 0 unspecified atom stereocenters. The van der Waals surface area contributed by atoms with Gasteiger partial charge in [-0.15, -0.1) is 0 Å². The maximum atomic E-state index is 13.0. The van der Waals surface area contributed by atoms with E-state index < -0.39 is 0 Å². The fourth-order valence-corrected chi connectivity index (χ4v) is 2.84. The van der Waals surface area contributed by atoms with E-state index in [1.54, 1.807) is 12.1 Å². The monoisotopic (exact) mass is 364 g/mol. The number of thioether (sulfide) groups is 1. The van der Waals surface area contributed by atoms with Crippen molar-refractivity contribution in [2.24, 2.45) is 0 Å². The van der Waals surface area contributed by atoms with Gasteiger partial charge >= 0.3 is 0 Å². The molecule has 0 saturated heterocycles. The van der Waals surface area contributed by atoms with Crippen LogP contribution < -0.4 is 5.32 Å². The summed E-state index contributed by atoms with van der Waals surface area (Å²) in [6.07, 6.45) is 1.89. The molecule has 6 heteroatoms. The first kappa shape index (κ1) is 17.9. The van der Waals surface area contributed by atoms with Crippen LogP contribution in [0.3, 0.4) is 0 Å². The van der Waals surface area contributed by atoms with Crippen molar-refractivity contribution in [1.82, 2.24) is 9.97 Å². The minimum Gasteiger partial charge on any atom is -0.365 e. The van der Waals surface area contributed by atoms with Crippen molar-refractivity contribution >= 4 is 17.6 Å². The molecule has 0 radical (unpaired) electrons. The minimum absolute atomic E-state index is 0.278. The summed E-state index contributed by atoms with van der Waals surface area (Å²) in [5.74, 6) is 0.201. The Hall–Kier alpha value is -2.91. The van der Waals surface area contributed by atoms with Gasteiger partial charge in [0, 0.05) is 12.1 Å². The Bertz CT molecular complexity index is 947. The number of nitrogens with one attached hydrogen (secondary N) is 1. The lowest BCUT2D eigenvalue weighted by atomic mass is 10.1. The van der Waals surface area contributed by atoms with Crippen molar-refractivity contribution < 1.29 is 4.39 Å². The lowest BCUT2D eigenvalue weighted by Gasteiger charge is -2.12. The highest BCUT2D eigenvalue weighted by atomic mass is 32.2. The van der Waals surface area contributed by atoms with E-state index in [4.69, 9.17) is 0 Å². The maximum Gasteiger partial charge on any atom is 0.189 e. The number of hydrogen-bond acceptors (Lipinski definition) is 5. The molecule has 3 rings (SSSR count). The van der Waals surface area contributed by atoms with E-state index in [0.717, 1.165) is 16.7 Å². The molecule has 1 aromatic heterocycles. The number of benzene rings is 2. The van der Waals surface area contributed by atoms with Gasteiger partial charge in [0.2, 0.25) is 0 Å². The number of aryl methyl sites for hydroxylation is 1. The van der Waals surface area contributed by atoms with Gasteiger partial charge in [0.1, 0.15) is 23.3 Å². The number of nitriles is 1. The molecule has 0 spiro atoms. The Kier molecular flexibility index (Phi) is 5.49. The topological polar surface area (TPSA) is 61.6 Å². The molecule has 0 bridgehead atoms. The molecule has 2 aromatic carbocycles. The first-order valence-corrected chi connectivity index (χ1v) is 9.24. The summed E-state index contributed by atoms with van der Waals surface area (Å²) in [5, 5.41) is 13.5. The van der Waals surface area contributed by atoms with Crippen molar-refractivity contribution in [2.45, 2.75) is 18.6 Å². The second kappa shape index (κ2) is 7.98. The van der Waals surface area contributed by atoms with Crippen LogP contribution in [0.25, 0.3) is 11.3 Å². The van der Waals surface area contributed by atoms with Gasteiger partial charge in [-0.25, -0.2) is 14.4 Å². The number of anilines is 1. The number of nitrogens with zero attached hydrogens (tertiary/aromatic N) is 3. The van der Waals surface area contributed by atoms with Gasteiger partial charge in [-0.2, -0.15) is 5.26 Å². The second-order valence-corrected chi connectivity index (χ2v) is 6.51. The van der Waals surface area contributed by atoms with Crippen molar-refractivity contribution in [3.63, 3.8) is 0 Å². The molecule has 0 aliphatic heterocycles. The van der Waals surface area contributed by atoms with E-state index in [-0.39, 0.29) is 5.82 Å². The second-order valence-electron chi connectivity index (χ2n) is 5.74. The summed E-state index contributed by atoms with van der Waals surface area (Å²) in [6, 6.07) is 16.3. The average molecular weight is 364 g/mol. The standard InChI is InChI=1S/C20H17FN4S/c1-13-3-7-15(8-4-13)18-17(11-22)19(25-20(24-18)26-2)23-12-14-5-9-16(21)10-6-14/h3-10H,12H2,1-2H3,(H,23,24,25). The van der Waals surface area contributed by atoms with Crippen molar-refractivity contribution in [3.8, 4) is 17.3 Å². The molecule has 0 fully saturated rings. The van der Waals surface area contributed by atoms with Crippen LogP contribution in [-0.2, 0) is 6.54 Å². The summed E-state index contributed by atoms with van der Waals surface area (Å²) >= 11 is 1.42. The number of aromatic nitrogens is 2. The first-order chi connectivity index (χ1) is 12.6. The zero-order chi connectivity index (χ0) is 18.5. The molecule has 1 N–H and O–H groups in total. The van der Waals surface area contributed by atoms with Crippen molar-refractivity contribution in [2.75, 3.05) is 11.6 Å². The predicted octanol–water partition coefficient (Wildman–Crippen LogP) is 4.80. The largest absolute Gasteiger partial charge is 0.365 e. The lowest BCUT2D eigenvalue weighted by molar-refractivity contribution is 0.627. The highest BCUT2D eigenvalue weighted by Crippen LogP contribution is 2.28. The average Bonchev–Trinajstić information content (AvgIpc) is 2.67. The molecule has 0 saturated carbocycles. The number of rotatable bonds is 5. The number of halogens is 1. The molecule has 130 valence electrons. The quantitative estimate of drug-likeness (QED) is 0.521. The Morgan fingerprint density at radius 2 is 1.77 bits per heavy atom. The summed E-state index contributed by atoms with van der Waals surface area (Å²) in [6.45, 7) is 2.45. The van der Waals surface area contributed by atoms with Crippen LogP contribution in [0.5, 0.6) is 0 Å². The zero-order valence-corrected chi connectivity index (χ0v) is 15.3. The van der Waals surface area contributed by atoms with Gasteiger partial charge in [-0.05, 0) is 30.9 Å². The SMILES string of the molecule is CSc1nc(NCc2ccc(F)cc2)c(C#N)c(-c2ccc(C)cc2)n1. The van der Waals surface area contributed by atoms with Crippen molar-refractivity contribution in [3.05, 3.63) is 71.0 Å². The Morgan fingerprint density at radius 1 is 1.08 bits per heavy atom. The maximum absolute atomic E-state index is 13.0. The third-order valence-electron chi connectivity index (χ3n) is 3.88. The molecule has 0 aliphatic carbocycles. The van der Waals surface area contributed by atoms with Gasteiger partial charge < -0.3 is 5.32 Å². The molecular weight excluding hydrogens is 347 g/mol. The fourth-order valence-electron chi connectivity index (χ4n) is 2.47. The Labute approximate surface area is 156 Å². The van der Waals surface area contributed by atoms with Crippen LogP contribution in [0.4, 0.5) is 10.2 Å². The Morgan fingerprint density at radius 3 is 2.38 bits per heavy atom. The molecule has 4 nitrogen and oxygen atoms in total. The van der Waals surface area contributed by atoms with Crippen LogP contribution in [0.2, 0.25) is 0 Å². The molecule has 0 amide bonds. The molecule has 3 aromatic rings. The highest BCUT2D eigenvalue weighted by Gasteiger charge is 2.16. The first-order valence-electron chi connectivity index (χ1n) is 8.02. The van der Waals surface area contributed by atoms with Crippen LogP contribution in [-0.4, -0.2) is 16.2 Å². The van der Waals surface area contributed by atoms with E-state index in [1.807, 2.05) is 37.4 Å². The van der Waals surface area contributed by atoms with E-state index >= 15 is 0 Å².